The summed E-state index contributed by atoms with van der Waals surface area (Å²) >= 11 is 6.17. The van der Waals surface area contributed by atoms with Gasteiger partial charge < -0.3 is 10.0 Å². The number of nitrogens with zero attached hydrogens (tertiary/aromatic N) is 1. The number of aryl methyl sites for hydroxylation is 1. The van der Waals surface area contributed by atoms with Gasteiger partial charge >= 0.3 is 5.97 Å². The molecular formula is C15H14ClNO2. The Morgan fingerprint density at radius 3 is 2.42 bits per heavy atom. The number of hydrogen-bond donors (Lipinski definition) is 1. The van der Waals surface area contributed by atoms with E-state index in [9.17, 15) is 4.79 Å². The molecule has 0 aliphatic carbocycles. The van der Waals surface area contributed by atoms with Crippen LogP contribution in [0.25, 0.3) is 0 Å². The molecule has 3 nitrogen and oxygen atoms in total. The summed E-state index contributed by atoms with van der Waals surface area (Å²) in [5, 5.41) is 9.35. The zero-order chi connectivity index (χ0) is 14.0. The van der Waals surface area contributed by atoms with Crippen LogP contribution >= 0.6 is 11.6 Å². The SMILES string of the molecule is Cc1ccccc1N(C)c1ccc(C(=O)O)cc1Cl. The van der Waals surface area contributed by atoms with E-state index in [1.165, 1.54) is 6.07 Å². The Morgan fingerprint density at radius 2 is 1.84 bits per heavy atom. The molecule has 0 aliphatic heterocycles. The first-order valence-corrected chi connectivity index (χ1v) is 6.20. The summed E-state index contributed by atoms with van der Waals surface area (Å²) in [6.07, 6.45) is 0. The highest BCUT2D eigenvalue weighted by Gasteiger charge is 2.12. The van der Waals surface area contributed by atoms with Gasteiger partial charge in [-0.2, -0.15) is 0 Å². The van der Waals surface area contributed by atoms with Crippen LogP contribution in [-0.4, -0.2) is 18.1 Å². The Morgan fingerprint density at radius 1 is 1.16 bits per heavy atom. The Balaban J connectivity index is 2.42. The number of carboxylic acids is 1. The van der Waals surface area contributed by atoms with Crippen molar-refractivity contribution in [2.24, 2.45) is 0 Å². The predicted molar refractivity (Wildman–Crippen MR) is 77.7 cm³/mol. The number of carboxylic acid groups (broad SMARTS) is 1. The molecule has 0 saturated carbocycles. The highest BCUT2D eigenvalue weighted by atomic mass is 35.5. The van der Waals surface area contributed by atoms with Crippen LogP contribution < -0.4 is 4.90 Å². The van der Waals surface area contributed by atoms with Crippen LogP contribution in [0.4, 0.5) is 11.4 Å². The second-order valence-electron chi connectivity index (χ2n) is 4.32. The average Bonchev–Trinajstić information content (AvgIpc) is 2.38. The van der Waals surface area contributed by atoms with Crippen molar-refractivity contribution < 1.29 is 9.90 Å². The Bertz CT molecular complexity index is 625. The topological polar surface area (TPSA) is 40.5 Å². The fourth-order valence-electron chi connectivity index (χ4n) is 1.98. The maximum Gasteiger partial charge on any atom is 0.335 e. The minimum atomic E-state index is -0.980. The number of para-hydroxylation sites is 1. The van der Waals surface area contributed by atoms with Crippen molar-refractivity contribution in [3.8, 4) is 0 Å². The van der Waals surface area contributed by atoms with Crippen LogP contribution in [0.3, 0.4) is 0 Å². The molecule has 4 heteroatoms. The van der Waals surface area contributed by atoms with E-state index in [1.807, 2.05) is 43.1 Å². The lowest BCUT2D eigenvalue weighted by atomic mass is 10.1. The Kier molecular flexibility index (Phi) is 3.76. The number of hydrogen-bond acceptors (Lipinski definition) is 2. The summed E-state index contributed by atoms with van der Waals surface area (Å²) < 4.78 is 0. The van der Waals surface area contributed by atoms with E-state index in [0.717, 1.165) is 16.9 Å². The molecule has 2 rings (SSSR count). The first-order valence-electron chi connectivity index (χ1n) is 5.83. The van der Waals surface area contributed by atoms with E-state index in [2.05, 4.69) is 0 Å². The van der Waals surface area contributed by atoms with Crippen LogP contribution in [0.5, 0.6) is 0 Å². The lowest BCUT2D eigenvalue weighted by Crippen LogP contribution is -2.11. The average molecular weight is 276 g/mol. The zero-order valence-corrected chi connectivity index (χ0v) is 11.5. The van der Waals surface area contributed by atoms with E-state index >= 15 is 0 Å². The van der Waals surface area contributed by atoms with Gasteiger partial charge in [0.05, 0.1) is 16.3 Å². The van der Waals surface area contributed by atoms with Gasteiger partial charge in [0.25, 0.3) is 0 Å². The van der Waals surface area contributed by atoms with Crippen molar-refractivity contribution in [1.82, 2.24) is 0 Å². The molecular weight excluding hydrogens is 262 g/mol. The lowest BCUT2D eigenvalue weighted by Gasteiger charge is -2.22. The van der Waals surface area contributed by atoms with Crippen LogP contribution in [0.15, 0.2) is 42.5 Å². The smallest absolute Gasteiger partial charge is 0.335 e. The molecule has 0 fully saturated rings. The number of halogens is 1. The van der Waals surface area contributed by atoms with Gasteiger partial charge in [0.15, 0.2) is 0 Å². The summed E-state index contributed by atoms with van der Waals surface area (Å²) in [4.78, 5) is 12.8. The molecule has 2 aromatic carbocycles. The van der Waals surface area contributed by atoms with Gasteiger partial charge in [-0.1, -0.05) is 29.8 Å². The van der Waals surface area contributed by atoms with Crippen molar-refractivity contribution in [2.75, 3.05) is 11.9 Å². The van der Waals surface area contributed by atoms with Crippen LogP contribution in [0.1, 0.15) is 15.9 Å². The lowest BCUT2D eigenvalue weighted by molar-refractivity contribution is 0.0697. The van der Waals surface area contributed by atoms with Gasteiger partial charge in [-0.25, -0.2) is 4.79 Å². The van der Waals surface area contributed by atoms with Crippen molar-refractivity contribution >= 4 is 28.9 Å². The molecule has 0 heterocycles. The summed E-state index contributed by atoms with van der Waals surface area (Å²) in [6.45, 7) is 2.02. The summed E-state index contributed by atoms with van der Waals surface area (Å²) in [7, 11) is 1.91. The molecule has 0 saturated heterocycles. The Labute approximate surface area is 117 Å². The van der Waals surface area contributed by atoms with Gasteiger partial charge in [0, 0.05) is 12.7 Å². The zero-order valence-electron chi connectivity index (χ0n) is 10.7. The molecule has 0 unspecified atom stereocenters. The Hall–Kier alpha value is -2.00. The van der Waals surface area contributed by atoms with E-state index in [0.29, 0.717) is 5.02 Å². The molecule has 98 valence electrons. The van der Waals surface area contributed by atoms with Crippen LogP contribution in [0.2, 0.25) is 5.02 Å². The summed E-state index contributed by atoms with van der Waals surface area (Å²) in [5.74, 6) is -0.980. The van der Waals surface area contributed by atoms with Gasteiger partial charge in [-0.3, -0.25) is 0 Å². The maximum atomic E-state index is 10.9. The minimum Gasteiger partial charge on any atom is -0.478 e. The monoisotopic (exact) mass is 275 g/mol. The highest BCUT2D eigenvalue weighted by Crippen LogP contribution is 2.32. The predicted octanol–water partition coefficient (Wildman–Crippen LogP) is 4.11. The third-order valence-electron chi connectivity index (χ3n) is 3.03. The standard InChI is InChI=1S/C15H14ClNO2/c1-10-5-3-4-6-13(10)17(2)14-8-7-11(15(18)19)9-12(14)16/h3-9H,1-2H3,(H,18,19). The van der Waals surface area contributed by atoms with E-state index in [1.54, 1.807) is 12.1 Å². The van der Waals surface area contributed by atoms with Crippen molar-refractivity contribution in [3.63, 3.8) is 0 Å². The second-order valence-corrected chi connectivity index (χ2v) is 4.72. The number of anilines is 2. The van der Waals surface area contributed by atoms with Crippen molar-refractivity contribution in [3.05, 3.63) is 58.6 Å². The molecule has 2 aromatic rings. The van der Waals surface area contributed by atoms with E-state index in [4.69, 9.17) is 16.7 Å². The maximum absolute atomic E-state index is 10.9. The molecule has 0 radical (unpaired) electrons. The molecule has 0 bridgehead atoms. The van der Waals surface area contributed by atoms with Crippen molar-refractivity contribution in [1.29, 1.82) is 0 Å². The quantitative estimate of drug-likeness (QED) is 0.916. The number of aromatic carboxylic acids is 1. The van der Waals surface area contributed by atoms with Gasteiger partial charge in [-0.05, 0) is 36.8 Å². The van der Waals surface area contributed by atoms with Crippen LogP contribution in [-0.2, 0) is 0 Å². The number of benzene rings is 2. The molecule has 0 atom stereocenters. The van der Waals surface area contributed by atoms with Crippen LogP contribution in [0, 0.1) is 6.92 Å². The summed E-state index contributed by atoms with van der Waals surface area (Å²) in [5.41, 5.74) is 3.13. The number of rotatable bonds is 3. The number of carbonyl (C=O) groups is 1. The fraction of sp³-hybridized carbons (Fsp3) is 0.133. The normalized spacial score (nSPS) is 10.3. The molecule has 19 heavy (non-hydrogen) atoms. The first kappa shape index (κ1) is 13.4. The second kappa shape index (κ2) is 5.33. The fourth-order valence-corrected chi connectivity index (χ4v) is 2.29. The molecule has 0 aliphatic rings. The van der Waals surface area contributed by atoms with E-state index in [-0.39, 0.29) is 5.56 Å². The highest BCUT2D eigenvalue weighted by molar-refractivity contribution is 6.33. The summed E-state index contributed by atoms with van der Waals surface area (Å²) in [6, 6.07) is 12.7. The van der Waals surface area contributed by atoms with Gasteiger partial charge in [0.2, 0.25) is 0 Å². The molecule has 1 N–H and O–H groups in total. The first-order chi connectivity index (χ1) is 9.00. The van der Waals surface area contributed by atoms with E-state index < -0.39 is 5.97 Å². The largest absolute Gasteiger partial charge is 0.478 e. The third kappa shape index (κ3) is 2.71. The van der Waals surface area contributed by atoms with Gasteiger partial charge in [0.1, 0.15) is 0 Å². The molecule has 0 aromatic heterocycles. The minimum absolute atomic E-state index is 0.187. The van der Waals surface area contributed by atoms with Gasteiger partial charge in [-0.15, -0.1) is 0 Å². The third-order valence-corrected chi connectivity index (χ3v) is 3.34. The molecule has 0 spiro atoms. The molecule has 0 amide bonds. The van der Waals surface area contributed by atoms with Crippen molar-refractivity contribution in [2.45, 2.75) is 6.92 Å².